The zero-order chi connectivity index (χ0) is 13.3. The average molecular weight is 264 g/mol. The van der Waals surface area contributed by atoms with E-state index in [-0.39, 0.29) is 23.8 Å². The maximum atomic E-state index is 12.1. The summed E-state index contributed by atoms with van der Waals surface area (Å²) in [5.74, 6) is 0.0546. The Balaban J connectivity index is 1.65. The zero-order valence-electron chi connectivity index (χ0n) is 10.6. The second-order valence-electron chi connectivity index (χ2n) is 5.21. The molecule has 2 aliphatic rings. The van der Waals surface area contributed by atoms with Crippen molar-refractivity contribution in [1.82, 2.24) is 30.4 Å². The van der Waals surface area contributed by atoms with Crippen molar-refractivity contribution in [2.45, 2.75) is 25.8 Å². The summed E-state index contributed by atoms with van der Waals surface area (Å²) in [5.41, 5.74) is -0.367. The van der Waals surface area contributed by atoms with Crippen LogP contribution in [0.5, 0.6) is 0 Å². The Morgan fingerprint density at radius 1 is 1.47 bits per heavy atom. The lowest BCUT2D eigenvalue weighted by molar-refractivity contribution is -0.135. The predicted molar refractivity (Wildman–Crippen MR) is 63.7 cm³/mol. The molecule has 2 amide bonds. The fourth-order valence-electron chi connectivity index (χ4n) is 2.90. The normalized spacial score (nSPS) is 26.7. The summed E-state index contributed by atoms with van der Waals surface area (Å²) in [6, 6.07) is 0. The Bertz CT molecular complexity index is 487. The summed E-state index contributed by atoms with van der Waals surface area (Å²) >= 11 is 0. The zero-order valence-corrected chi connectivity index (χ0v) is 10.6. The van der Waals surface area contributed by atoms with Gasteiger partial charge in [-0.3, -0.25) is 9.59 Å². The van der Waals surface area contributed by atoms with Gasteiger partial charge in [0.05, 0.1) is 5.41 Å². The Hall–Kier alpha value is -1.99. The molecule has 8 heteroatoms. The summed E-state index contributed by atoms with van der Waals surface area (Å²) in [5, 5.41) is 13.6. The first kappa shape index (κ1) is 12.1. The maximum absolute atomic E-state index is 12.1. The monoisotopic (exact) mass is 264 g/mol. The third-order valence-corrected chi connectivity index (χ3v) is 3.99. The van der Waals surface area contributed by atoms with Crippen LogP contribution in [0, 0.1) is 5.41 Å². The molecule has 1 spiro atoms. The molecule has 2 fully saturated rings. The molecule has 8 nitrogen and oxygen atoms in total. The van der Waals surface area contributed by atoms with E-state index in [1.807, 2.05) is 0 Å². The van der Waals surface area contributed by atoms with Crippen molar-refractivity contribution in [2.75, 3.05) is 19.6 Å². The second kappa shape index (κ2) is 4.60. The summed E-state index contributed by atoms with van der Waals surface area (Å²) in [6.45, 7) is 2.03. The molecule has 1 N–H and O–H groups in total. The van der Waals surface area contributed by atoms with Crippen molar-refractivity contribution in [3.8, 4) is 0 Å². The molecule has 0 aromatic carbocycles. The molecule has 0 aliphatic carbocycles. The minimum absolute atomic E-state index is 0.0393. The summed E-state index contributed by atoms with van der Waals surface area (Å²) in [4.78, 5) is 25.9. The SMILES string of the molecule is O=C(Cn1cnnn1)N1CC[C@@]2(CCCNC2=O)C1. The highest BCUT2D eigenvalue weighted by Gasteiger charge is 2.46. The molecule has 2 aliphatic heterocycles. The largest absolute Gasteiger partial charge is 0.356 e. The number of aromatic nitrogens is 4. The first-order valence-electron chi connectivity index (χ1n) is 6.46. The standard InChI is InChI=1S/C11H16N6O2/c18-9(6-17-8-13-14-15-17)16-5-3-11(7-16)2-1-4-12-10(11)19/h8H,1-7H2,(H,12,19)/t11-/m0/s1. The maximum Gasteiger partial charge on any atom is 0.244 e. The quantitative estimate of drug-likeness (QED) is 0.724. The highest BCUT2D eigenvalue weighted by atomic mass is 16.2. The number of hydrogen-bond donors (Lipinski definition) is 1. The molecule has 3 rings (SSSR count). The van der Waals surface area contributed by atoms with E-state index in [1.54, 1.807) is 4.90 Å². The number of amides is 2. The Morgan fingerprint density at radius 3 is 3.11 bits per heavy atom. The van der Waals surface area contributed by atoms with Gasteiger partial charge in [0.25, 0.3) is 0 Å². The van der Waals surface area contributed by atoms with Gasteiger partial charge in [-0.2, -0.15) is 0 Å². The smallest absolute Gasteiger partial charge is 0.244 e. The first-order chi connectivity index (χ1) is 9.20. The molecule has 1 aromatic rings. The number of carbonyl (C=O) groups is 2. The van der Waals surface area contributed by atoms with E-state index < -0.39 is 0 Å². The van der Waals surface area contributed by atoms with Gasteiger partial charge in [-0.1, -0.05) is 0 Å². The van der Waals surface area contributed by atoms with E-state index in [9.17, 15) is 9.59 Å². The molecule has 1 aromatic heterocycles. The topological polar surface area (TPSA) is 93.0 Å². The lowest BCUT2D eigenvalue weighted by atomic mass is 9.79. The number of piperidine rings is 1. The molecule has 2 saturated heterocycles. The van der Waals surface area contributed by atoms with Crippen LogP contribution in [0.25, 0.3) is 0 Å². The summed E-state index contributed by atoms with van der Waals surface area (Å²) in [6.07, 6.45) is 4.02. The number of tetrazole rings is 1. The summed E-state index contributed by atoms with van der Waals surface area (Å²) < 4.78 is 1.40. The molecule has 0 radical (unpaired) electrons. The van der Waals surface area contributed by atoms with Crippen LogP contribution >= 0.6 is 0 Å². The van der Waals surface area contributed by atoms with Gasteiger partial charge in [-0.25, -0.2) is 4.68 Å². The van der Waals surface area contributed by atoms with Crippen LogP contribution in [-0.4, -0.2) is 56.6 Å². The van der Waals surface area contributed by atoms with Crippen molar-refractivity contribution < 1.29 is 9.59 Å². The van der Waals surface area contributed by atoms with Gasteiger partial charge in [-0.15, -0.1) is 5.10 Å². The Labute approximate surface area is 110 Å². The van der Waals surface area contributed by atoms with E-state index in [2.05, 4.69) is 20.8 Å². The molecule has 0 saturated carbocycles. The van der Waals surface area contributed by atoms with Crippen molar-refractivity contribution in [1.29, 1.82) is 0 Å². The molecular formula is C11H16N6O2. The number of likely N-dealkylation sites (tertiary alicyclic amines) is 1. The molecule has 1 atom stereocenters. The number of nitrogens with zero attached hydrogens (tertiary/aromatic N) is 5. The Morgan fingerprint density at radius 2 is 2.37 bits per heavy atom. The van der Waals surface area contributed by atoms with Gasteiger partial charge in [-0.05, 0) is 29.7 Å². The molecule has 3 heterocycles. The summed E-state index contributed by atoms with van der Waals surface area (Å²) in [7, 11) is 0. The molecule has 19 heavy (non-hydrogen) atoms. The van der Waals surface area contributed by atoms with Crippen molar-refractivity contribution in [3.63, 3.8) is 0 Å². The Kier molecular flexibility index (Phi) is 2.92. The van der Waals surface area contributed by atoms with Crippen molar-refractivity contribution >= 4 is 11.8 Å². The highest BCUT2D eigenvalue weighted by Crippen LogP contribution is 2.37. The minimum Gasteiger partial charge on any atom is -0.356 e. The number of rotatable bonds is 2. The molecule has 0 unspecified atom stereocenters. The van der Waals surface area contributed by atoms with Crippen molar-refractivity contribution in [3.05, 3.63) is 6.33 Å². The van der Waals surface area contributed by atoms with Gasteiger partial charge in [0.1, 0.15) is 12.9 Å². The van der Waals surface area contributed by atoms with Crippen molar-refractivity contribution in [2.24, 2.45) is 5.41 Å². The highest BCUT2D eigenvalue weighted by molar-refractivity contribution is 5.85. The average Bonchev–Trinajstić information content (AvgIpc) is 3.04. The van der Waals surface area contributed by atoms with E-state index in [0.717, 1.165) is 25.8 Å². The van der Waals surface area contributed by atoms with E-state index in [0.29, 0.717) is 13.1 Å². The van der Waals surface area contributed by atoms with Gasteiger partial charge in [0.15, 0.2) is 0 Å². The van der Waals surface area contributed by atoms with Crippen LogP contribution in [0.3, 0.4) is 0 Å². The first-order valence-corrected chi connectivity index (χ1v) is 6.46. The fraction of sp³-hybridized carbons (Fsp3) is 0.727. The van der Waals surface area contributed by atoms with Gasteiger partial charge in [0, 0.05) is 19.6 Å². The molecule has 102 valence electrons. The van der Waals surface area contributed by atoms with Crippen LogP contribution < -0.4 is 5.32 Å². The lowest BCUT2D eigenvalue weighted by Crippen LogP contribution is -2.48. The lowest BCUT2D eigenvalue weighted by Gasteiger charge is -2.32. The molecular weight excluding hydrogens is 248 g/mol. The minimum atomic E-state index is -0.367. The third kappa shape index (κ3) is 2.18. The second-order valence-corrected chi connectivity index (χ2v) is 5.21. The van der Waals surface area contributed by atoms with Gasteiger partial charge >= 0.3 is 0 Å². The number of carbonyl (C=O) groups excluding carboxylic acids is 2. The fourth-order valence-corrected chi connectivity index (χ4v) is 2.90. The van der Waals surface area contributed by atoms with Crippen LogP contribution in [-0.2, 0) is 16.1 Å². The van der Waals surface area contributed by atoms with Crippen LogP contribution in [0.2, 0.25) is 0 Å². The van der Waals surface area contributed by atoms with Crippen LogP contribution in [0.1, 0.15) is 19.3 Å². The van der Waals surface area contributed by atoms with Gasteiger partial charge < -0.3 is 10.2 Å². The number of nitrogens with one attached hydrogen (secondary N) is 1. The van der Waals surface area contributed by atoms with E-state index in [4.69, 9.17) is 0 Å². The van der Waals surface area contributed by atoms with E-state index >= 15 is 0 Å². The van der Waals surface area contributed by atoms with Gasteiger partial charge in [0.2, 0.25) is 11.8 Å². The third-order valence-electron chi connectivity index (χ3n) is 3.99. The molecule has 0 bridgehead atoms. The van der Waals surface area contributed by atoms with Crippen LogP contribution in [0.4, 0.5) is 0 Å². The predicted octanol–water partition coefficient (Wildman–Crippen LogP) is -1.20. The van der Waals surface area contributed by atoms with Crippen LogP contribution in [0.15, 0.2) is 6.33 Å². The number of hydrogen-bond acceptors (Lipinski definition) is 5. The van der Waals surface area contributed by atoms with E-state index in [1.165, 1.54) is 11.0 Å².